The third-order valence-electron chi connectivity index (χ3n) is 5.79. The first kappa shape index (κ1) is 20.3. The van der Waals surface area contributed by atoms with E-state index in [1.807, 2.05) is 31.3 Å². The van der Waals surface area contributed by atoms with E-state index in [9.17, 15) is 4.79 Å². The van der Waals surface area contributed by atoms with Gasteiger partial charge in [0.05, 0.1) is 0 Å². The van der Waals surface area contributed by atoms with Gasteiger partial charge in [-0.15, -0.1) is 0 Å². The number of nitrogens with zero attached hydrogens (tertiary/aromatic N) is 1. The molecule has 28 heavy (non-hydrogen) atoms. The minimum absolute atomic E-state index is 0.0470. The number of benzene rings is 2. The first-order chi connectivity index (χ1) is 13.7. The minimum Gasteiger partial charge on any atom is -0.388 e. The van der Waals surface area contributed by atoms with Crippen LogP contribution in [-0.4, -0.2) is 43.1 Å². The molecule has 0 aliphatic carbocycles. The van der Waals surface area contributed by atoms with Gasteiger partial charge in [0.1, 0.15) is 5.71 Å². The summed E-state index contributed by atoms with van der Waals surface area (Å²) < 4.78 is 0. The molecule has 0 unspecified atom stereocenters. The van der Waals surface area contributed by atoms with Crippen molar-refractivity contribution in [2.45, 2.75) is 32.1 Å². The van der Waals surface area contributed by atoms with Crippen molar-refractivity contribution in [3.05, 3.63) is 65.7 Å². The van der Waals surface area contributed by atoms with Crippen LogP contribution in [0.15, 0.2) is 54.6 Å². The Morgan fingerprint density at radius 3 is 2.46 bits per heavy atom. The van der Waals surface area contributed by atoms with Crippen molar-refractivity contribution in [2.75, 3.05) is 32.0 Å². The molecule has 1 aliphatic heterocycles. The highest BCUT2D eigenvalue weighted by atomic mass is 16.1. The largest absolute Gasteiger partial charge is 0.388 e. The zero-order valence-electron chi connectivity index (χ0n) is 16.8. The predicted octanol–water partition coefficient (Wildman–Crippen LogP) is 4.40. The molecule has 2 aromatic rings. The molecule has 0 radical (unpaired) electrons. The van der Waals surface area contributed by atoms with Gasteiger partial charge in [-0.1, -0.05) is 48.5 Å². The van der Waals surface area contributed by atoms with Crippen molar-refractivity contribution >= 4 is 17.2 Å². The minimum atomic E-state index is -0.0470. The van der Waals surface area contributed by atoms with Gasteiger partial charge in [0.15, 0.2) is 5.78 Å². The molecule has 2 aromatic carbocycles. The highest BCUT2D eigenvalue weighted by Gasteiger charge is 2.21. The summed E-state index contributed by atoms with van der Waals surface area (Å²) in [6, 6.07) is 18.2. The fourth-order valence-electron chi connectivity index (χ4n) is 3.96. The second-order valence-electron chi connectivity index (χ2n) is 7.65. The Balaban J connectivity index is 1.40. The molecule has 1 heterocycles. The van der Waals surface area contributed by atoms with E-state index in [0.29, 0.717) is 17.9 Å². The molecule has 0 aromatic heterocycles. The second kappa shape index (κ2) is 10.2. The maximum atomic E-state index is 12.5. The topological polar surface area (TPSA) is 56.2 Å². The van der Waals surface area contributed by atoms with Gasteiger partial charge in [-0.3, -0.25) is 10.2 Å². The SMILES string of the molecule is CNc1ccccc1C(=N)C(=O)CCC1CCN(CCc2ccccc2)CC1. The molecule has 4 heteroatoms. The Bertz CT molecular complexity index is 779. The number of piperidine rings is 1. The van der Waals surface area contributed by atoms with E-state index in [1.165, 1.54) is 5.56 Å². The molecule has 2 N–H and O–H groups in total. The van der Waals surface area contributed by atoms with E-state index in [-0.39, 0.29) is 11.5 Å². The number of nitrogens with one attached hydrogen (secondary N) is 2. The zero-order chi connectivity index (χ0) is 19.8. The molecule has 1 saturated heterocycles. The lowest BCUT2D eigenvalue weighted by Crippen LogP contribution is -2.35. The Morgan fingerprint density at radius 1 is 1.07 bits per heavy atom. The lowest BCUT2D eigenvalue weighted by Gasteiger charge is -2.32. The van der Waals surface area contributed by atoms with Crippen molar-refractivity contribution in [1.29, 1.82) is 5.41 Å². The summed E-state index contributed by atoms with van der Waals surface area (Å²) in [5.41, 5.74) is 3.07. The third-order valence-corrected chi connectivity index (χ3v) is 5.79. The Morgan fingerprint density at radius 2 is 1.75 bits per heavy atom. The average molecular weight is 378 g/mol. The van der Waals surface area contributed by atoms with Crippen LogP contribution in [0.5, 0.6) is 0 Å². The first-order valence-electron chi connectivity index (χ1n) is 10.3. The van der Waals surface area contributed by atoms with Gasteiger partial charge in [0.25, 0.3) is 0 Å². The Kier molecular flexibility index (Phi) is 7.38. The summed E-state index contributed by atoms with van der Waals surface area (Å²) in [6.45, 7) is 3.35. The summed E-state index contributed by atoms with van der Waals surface area (Å²) in [7, 11) is 1.82. The molecule has 0 bridgehead atoms. The summed E-state index contributed by atoms with van der Waals surface area (Å²) in [4.78, 5) is 15.1. The third kappa shape index (κ3) is 5.52. The quantitative estimate of drug-likeness (QED) is 0.637. The summed E-state index contributed by atoms with van der Waals surface area (Å²) in [5, 5.41) is 11.3. The normalized spacial score (nSPS) is 15.3. The monoisotopic (exact) mass is 377 g/mol. The van der Waals surface area contributed by atoms with Crippen molar-refractivity contribution in [2.24, 2.45) is 5.92 Å². The number of Topliss-reactive ketones (excluding diaryl/α,β-unsaturated/α-hetero) is 1. The summed E-state index contributed by atoms with van der Waals surface area (Å²) in [5.74, 6) is 0.554. The van der Waals surface area contributed by atoms with Crippen molar-refractivity contribution in [3.63, 3.8) is 0 Å². The molecule has 4 nitrogen and oxygen atoms in total. The number of carbonyl (C=O) groups is 1. The van der Waals surface area contributed by atoms with Gasteiger partial charge in [-0.25, -0.2) is 0 Å². The Hall–Kier alpha value is -2.46. The summed E-state index contributed by atoms with van der Waals surface area (Å²) in [6.07, 6.45) is 4.79. The van der Waals surface area contributed by atoms with E-state index in [1.54, 1.807) is 0 Å². The van der Waals surface area contributed by atoms with Crippen LogP contribution in [0.4, 0.5) is 5.69 Å². The predicted molar refractivity (Wildman–Crippen MR) is 116 cm³/mol. The van der Waals surface area contributed by atoms with Crippen LogP contribution >= 0.6 is 0 Å². The van der Waals surface area contributed by atoms with E-state index in [0.717, 1.165) is 51.0 Å². The van der Waals surface area contributed by atoms with Crippen molar-refractivity contribution < 1.29 is 4.79 Å². The lowest BCUT2D eigenvalue weighted by atomic mass is 9.90. The van der Waals surface area contributed by atoms with E-state index < -0.39 is 0 Å². The van der Waals surface area contributed by atoms with Gasteiger partial charge in [0.2, 0.25) is 0 Å². The number of hydrogen-bond donors (Lipinski definition) is 2. The van der Waals surface area contributed by atoms with Crippen LogP contribution in [0.25, 0.3) is 0 Å². The summed E-state index contributed by atoms with van der Waals surface area (Å²) >= 11 is 0. The van der Waals surface area contributed by atoms with Crippen LogP contribution in [0.2, 0.25) is 0 Å². The van der Waals surface area contributed by atoms with Gasteiger partial charge in [0, 0.05) is 31.3 Å². The number of hydrogen-bond acceptors (Lipinski definition) is 4. The van der Waals surface area contributed by atoms with Gasteiger partial charge >= 0.3 is 0 Å². The molecule has 0 atom stereocenters. The average Bonchev–Trinajstić information content (AvgIpc) is 2.77. The van der Waals surface area contributed by atoms with E-state index >= 15 is 0 Å². The van der Waals surface area contributed by atoms with Crippen molar-refractivity contribution in [3.8, 4) is 0 Å². The van der Waals surface area contributed by atoms with Gasteiger partial charge < -0.3 is 10.2 Å². The van der Waals surface area contributed by atoms with Crippen molar-refractivity contribution in [1.82, 2.24) is 4.90 Å². The molecule has 148 valence electrons. The number of para-hydroxylation sites is 1. The number of rotatable bonds is 9. The van der Waals surface area contributed by atoms with Crippen LogP contribution < -0.4 is 5.32 Å². The molecule has 1 fully saturated rings. The molecule has 0 saturated carbocycles. The zero-order valence-corrected chi connectivity index (χ0v) is 16.8. The molecular formula is C24H31N3O. The molecule has 0 amide bonds. The maximum absolute atomic E-state index is 12.5. The molecule has 3 rings (SSSR count). The Labute approximate surface area is 168 Å². The molecule has 1 aliphatic rings. The number of anilines is 1. The number of carbonyl (C=O) groups excluding carboxylic acids is 1. The molecular weight excluding hydrogens is 346 g/mol. The maximum Gasteiger partial charge on any atom is 0.181 e. The highest BCUT2D eigenvalue weighted by molar-refractivity contribution is 6.46. The smallest absolute Gasteiger partial charge is 0.181 e. The second-order valence-corrected chi connectivity index (χ2v) is 7.65. The number of likely N-dealkylation sites (tertiary alicyclic amines) is 1. The van der Waals surface area contributed by atoms with Crippen LogP contribution in [0.1, 0.15) is 36.8 Å². The molecule has 0 spiro atoms. The fourth-order valence-corrected chi connectivity index (χ4v) is 3.96. The lowest BCUT2D eigenvalue weighted by molar-refractivity contribution is -0.113. The van der Waals surface area contributed by atoms with Gasteiger partial charge in [-0.2, -0.15) is 0 Å². The number of ketones is 1. The highest BCUT2D eigenvalue weighted by Crippen LogP contribution is 2.23. The fraction of sp³-hybridized carbons (Fsp3) is 0.417. The van der Waals surface area contributed by atoms with Crippen LogP contribution in [0.3, 0.4) is 0 Å². The standard InChI is InChI=1S/C24H31N3O/c1-26-22-10-6-5-9-21(22)24(25)23(28)12-11-20-14-17-27(18-15-20)16-13-19-7-3-2-4-8-19/h2-10,20,25-26H,11-18H2,1H3. The van der Waals surface area contributed by atoms with E-state index in [4.69, 9.17) is 5.41 Å². The van der Waals surface area contributed by atoms with Crippen LogP contribution in [0, 0.1) is 11.3 Å². The van der Waals surface area contributed by atoms with Gasteiger partial charge in [-0.05, 0) is 56.3 Å². The van der Waals surface area contributed by atoms with E-state index in [2.05, 4.69) is 40.5 Å². The van der Waals surface area contributed by atoms with Crippen LogP contribution in [-0.2, 0) is 11.2 Å². The first-order valence-corrected chi connectivity index (χ1v) is 10.3.